The Hall–Kier alpha value is -7.83. The smallest absolute Gasteiger partial charge is 0.238 e. The lowest BCUT2D eigenvalue weighted by molar-refractivity contribution is 0.669. The minimum absolute atomic E-state index is 0.560. The van der Waals surface area contributed by atoms with Gasteiger partial charge < -0.3 is 8.98 Å². The minimum atomic E-state index is 0.560. The van der Waals surface area contributed by atoms with E-state index in [0.717, 1.165) is 77.3 Å². The molecule has 12 rings (SSSR count). The molecule has 0 fully saturated rings. The van der Waals surface area contributed by atoms with Gasteiger partial charge >= 0.3 is 0 Å². The van der Waals surface area contributed by atoms with Crippen LogP contribution >= 0.6 is 0 Å². The molecule has 0 bridgehead atoms. The van der Waals surface area contributed by atoms with Crippen molar-refractivity contribution in [1.82, 2.24) is 24.1 Å². The average molecular weight is 730 g/mol. The number of fused-ring (bicyclic) bond motifs is 10. The number of benzene rings is 8. The lowest BCUT2D eigenvalue weighted by Gasteiger charge is -2.12. The number of hydrogen-bond donors (Lipinski definition) is 0. The van der Waals surface area contributed by atoms with Gasteiger partial charge in [0.2, 0.25) is 5.95 Å². The molecule has 0 aliphatic carbocycles. The second kappa shape index (κ2) is 12.3. The Balaban J connectivity index is 1.12. The van der Waals surface area contributed by atoms with Crippen LogP contribution in [0.2, 0.25) is 0 Å². The normalized spacial score (nSPS) is 11.9. The summed E-state index contributed by atoms with van der Waals surface area (Å²) in [4.78, 5) is 15.7. The van der Waals surface area contributed by atoms with Crippen LogP contribution in [0.1, 0.15) is 0 Å². The molecule has 0 spiro atoms. The summed E-state index contributed by atoms with van der Waals surface area (Å²) in [6.45, 7) is 0. The van der Waals surface area contributed by atoms with Gasteiger partial charge in [-0.15, -0.1) is 0 Å². The summed E-state index contributed by atoms with van der Waals surface area (Å²) in [5, 5.41) is 6.89. The number of para-hydroxylation sites is 4. The van der Waals surface area contributed by atoms with E-state index in [1.54, 1.807) is 0 Å². The molecule has 0 aliphatic rings. The van der Waals surface area contributed by atoms with E-state index < -0.39 is 0 Å². The molecule has 0 radical (unpaired) electrons. The molecule has 8 aromatic carbocycles. The fraction of sp³-hybridized carbons (Fsp3) is 0. The molecule has 57 heavy (non-hydrogen) atoms. The molecular weight excluding hydrogens is 699 g/mol. The molecular formula is C51H31N5O. The zero-order valence-corrected chi connectivity index (χ0v) is 30.5. The summed E-state index contributed by atoms with van der Waals surface area (Å²) < 4.78 is 10.8. The summed E-state index contributed by atoms with van der Waals surface area (Å²) in [5.41, 5.74) is 11.2. The topological polar surface area (TPSA) is 61.7 Å². The molecule has 0 amide bonds. The van der Waals surface area contributed by atoms with E-state index >= 15 is 0 Å². The molecule has 0 atom stereocenters. The predicted octanol–water partition coefficient (Wildman–Crippen LogP) is 13.0. The van der Waals surface area contributed by atoms with Crippen molar-refractivity contribution in [2.45, 2.75) is 0 Å². The van der Waals surface area contributed by atoms with E-state index in [9.17, 15) is 0 Å². The predicted molar refractivity (Wildman–Crippen MR) is 232 cm³/mol. The molecule has 0 unspecified atom stereocenters. The van der Waals surface area contributed by atoms with Crippen LogP contribution in [0.4, 0.5) is 0 Å². The summed E-state index contributed by atoms with van der Waals surface area (Å²) in [5.74, 6) is 1.76. The zero-order valence-electron chi connectivity index (χ0n) is 30.5. The largest absolute Gasteiger partial charge is 0.456 e. The van der Waals surface area contributed by atoms with E-state index in [0.29, 0.717) is 17.6 Å². The van der Waals surface area contributed by atoms with Gasteiger partial charge in [-0.3, -0.25) is 4.57 Å². The van der Waals surface area contributed by atoms with Gasteiger partial charge in [-0.05, 0) is 65.7 Å². The number of aromatic nitrogens is 5. The molecule has 266 valence electrons. The van der Waals surface area contributed by atoms with Crippen LogP contribution < -0.4 is 0 Å². The molecule has 6 nitrogen and oxygen atoms in total. The first-order chi connectivity index (χ1) is 28.3. The van der Waals surface area contributed by atoms with Crippen LogP contribution in [0, 0.1) is 0 Å². The summed E-state index contributed by atoms with van der Waals surface area (Å²) in [7, 11) is 0. The van der Waals surface area contributed by atoms with Crippen molar-refractivity contribution < 1.29 is 4.42 Å². The van der Waals surface area contributed by atoms with E-state index in [1.807, 2.05) is 36.4 Å². The Kier molecular flexibility index (Phi) is 6.83. The van der Waals surface area contributed by atoms with E-state index in [1.165, 1.54) is 16.2 Å². The van der Waals surface area contributed by atoms with Crippen LogP contribution in [0.25, 0.3) is 111 Å². The Morgan fingerprint density at radius 3 is 1.65 bits per heavy atom. The van der Waals surface area contributed by atoms with Crippen LogP contribution in [0.15, 0.2) is 192 Å². The maximum absolute atomic E-state index is 6.26. The Bertz CT molecular complexity index is 3520. The van der Waals surface area contributed by atoms with Crippen LogP contribution in [0.3, 0.4) is 0 Å². The number of rotatable bonds is 5. The van der Waals surface area contributed by atoms with Gasteiger partial charge in [0, 0.05) is 49.1 Å². The van der Waals surface area contributed by atoms with E-state index in [2.05, 4.69) is 161 Å². The van der Waals surface area contributed by atoms with E-state index in [4.69, 9.17) is 19.4 Å². The highest BCUT2D eigenvalue weighted by molar-refractivity contribution is 6.28. The van der Waals surface area contributed by atoms with Gasteiger partial charge in [0.1, 0.15) is 11.2 Å². The quantitative estimate of drug-likeness (QED) is 0.177. The fourth-order valence-electron chi connectivity index (χ4n) is 8.74. The van der Waals surface area contributed by atoms with Crippen LogP contribution in [-0.2, 0) is 0 Å². The van der Waals surface area contributed by atoms with Gasteiger partial charge in [-0.2, -0.15) is 9.97 Å². The van der Waals surface area contributed by atoms with E-state index in [-0.39, 0.29) is 0 Å². The molecule has 0 aliphatic heterocycles. The Morgan fingerprint density at radius 1 is 0.351 bits per heavy atom. The van der Waals surface area contributed by atoms with Gasteiger partial charge in [0.15, 0.2) is 11.6 Å². The Labute approximate surface area is 326 Å². The molecule has 4 aromatic heterocycles. The Morgan fingerprint density at radius 2 is 0.895 bits per heavy atom. The van der Waals surface area contributed by atoms with Gasteiger partial charge in [-0.25, -0.2) is 4.98 Å². The van der Waals surface area contributed by atoms with Crippen LogP contribution in [0.5, 0.6) is 0 Å². The van der Waals surface area contributed by atoms with Crippen molar-refractivity contribution in [1.29, 1.82) is 0 Å². The second-order valence-electron chi connectivity index (χ2n) is 14.4. The lowest BCUT2D eigenvalue weighted by atomic mass is 9.98. The van der Waals surface area contributed by atoms with Crippen molar-refractivity contribution >= 4 is 65.6 Å². The number of hydrogen-bond acceptors (Lipinski definition) is 4. The first kappa shape index (κ1) is 31.5. The molecule has 0 saturated carbocycles. The van der Waals surface area contributed by atoms with Crippen molar-refractivity contribution in [3.63, 3.8) is 0 Å². The van der Waals surface area contributed by atoms with Gasteiger partial charge in [-0.1, -0.05) is 133 Å². The molecule has 12 aromatic rings. The molecule has 0 N–H and O–H groups in total. The monoisotopic (exact) mass is 729 g/mol. The summed E-state index contributed by atoms with van der Waals surface area (Å²) in [6.07, 6.45) is 0. The standard InChI is InChI=1S/C51H31N5O/c1-3-15-32(16-4-1)49-52-50(34-18-13-17-33(31-34)36-24-14-28-45-46(36)39-23-9-12-27-44(39)57-45)54-51(53-49)56-41-26-11-8-22-38(41)48-43(56)30-29-42-47(48)37-21-7-10-25-40(37)55(42)35-19-5-2-6-20-35/h1-31H. The first-order valence-electron chi connectivity index (χ1n) is 19.1. The van der Waals surface area contributed by atoms with Crippen molar-refractivity contribution in [3.05, 3.63) is 188 Å². The minimum Gasteiger partial charge on any atom is -0.456 e. The number of furan rings is 1. The second-order valence-corrected chi connectivity index (χ2v) is 14.4. The molecule has 6 heteroatoms. The average Bonchev–Trinajstić information content (AvgIpc) is 3.95. The highest BCUT2D eigenvalue weighted by atomic mass is 16.3. The zero-order chi connectivity index (χ0) is 37.5. The van der Waals surface area contributed by atoms with Crippen LogP contribution in [-0.4, -0.2) is 24.1 Å². The fourth-order valence-corrected chi connectivity index (χ4v) is 8.74. The molecule has 4 heterocycles. The van der Waals surface area contributed by atoms with Crippen molar-refractivity contribution in [2.24, 2.45) is 0 Å². The van der Waals surface area contributed by atoms with Gasteiger partial charge in [0.05, 0.1) is 22.1 Å². The summed E-state index contributed by atoms with van der Waals surface area (Å²) >= 11 is 0. The summed E-state index contributed by atoms with van der Waals surface area (Å²) in [6, 6.07) is 65.4. The third-order valence-corrected chi connectivity index (χ3v) is 11.2. The SMILES string of the molecule is c1ccc(-c2nc(-c3cccc(-c4cccc5oc6ccccc6c45)c3)nc(-n3c4ccccc4c4c5c6ccccc6n(-c6ccccc6)c5ccc43)n2)cc1. The lowest BCUT2D eigenvalue weighted by Crippen LogP contribution is -2.06. The first-order valence-corrected chi connectivity index (χ1v) is 19.1. The third-order valence-electron chi connectivity index (χ3n) is 11.2. The molecule has 0 saturated heterocycles. The highest BCUT2D eigenvalue weighted by Crippen LogP contribution is 2.43. The maximum Gasteiger partial charge on any atom is 0.238 e. The number of nitrogens with zero attached hydrogens (tertiary/aromatic N) is 5. The van der Waals surface area contributed by atoms with Crippen molar-refractivity contribution in [2.75, 3.05) is 0 Å². The highest BCUT2D eigenvalue weighted by Gasteiger charge is 2.23. The van der Waals surface area contributed by atoms with Crippen molar-refractivity contribution in [3.8, 4) is 45.5 Å². The van der Waals surface area contributed by atoms with Gasteiger partial charge in [0.25, 0.3) is 0 Å². The third kappa shape index (κ3) is 4.81. The maximum atomic E-state index is 6.26.